The van der Waals surface area contributed by atoms with Crippen molar-refractivity contribution in [1.82, 2.24) is 14.2 Å². The minimum atomic E-state index is -2.02. The Morgan fingerprint density at radius 3 is 2.06 bits per heavy atom. The fourth-order valence-corrected chi connectivity index (χ4v) is 10.5. The van der Waals surface area contributed by atoms with E-state index >= 15 is 0 Å². The summed E-state index contributed by atoms with van der Waals surface area (Å²) in [5, 5.41) is 1.53. The van der Waals surface area contributed by atoms with Gasteiger partial charge in [-0.1, -0.05) is 69.8 Å². The van der Waals surface area contributed by atoms with Crippen molar-refractivity contribution in [3.05, 3.63) is 52.5 Å². The zero-order valence-electron chi connectivity index (χ0n) is 19.8. The van der Waals surface area contributed by atoms with E-state index in [-0.39, 0.29) is 0 Å². The van der Waals surface area contributed by atoms with Crippen molar-refractivity contribution >= 4 is 24.2 Å². The minimum Gasteiger partial charge on any atom is -0.378 e. The lowest BCUT2D eigenvalue weighted by atomic mass is 9.94. The Morgan fingerprint density at radius 1 is 0.935 bits per heavy atom. The Bertz CT molecular complexity index is 793. The lowest BCUT2D eigenvalue weighted by Crippen LogP contribution is -2.39. The van der Waals surface area contributed by atoms with E-state index in [4.69, 9.17) is 16.5 Å². The van der Waals surface area contributed by atoms with Gasteiger partial charge in [0.1, 0.15) is 6.34 Å². The number of hydrogen-bond donors (Lipinski definition) is 0. The van der Waals surface area contributed by atoms with Gasteiger partial charge >= 0.3 is 0 Å². The van der Waals surface area contributed by atoms with Gasteiger partial charge in [-0.25, -0.2) is 0 Å². The molecule has 0 spiro atoms. The van der Waals surface area contributed by atoms with Crippen molar-refractivity contribution in [3.63, 3.8) is 0 Å². The fourth-order valence-electron chi connectivity index (χ4n) is 4.95. The Labute approximate surface area is 195 Å². The van der Waals surface area contributed by atoms with Gasteiger partial charge in [0.25, 0.3) is 0 Å². The zero-order valence-corrected chi connectivity index (χ0v) is 21.6. The predicted molar refractivity (Wildman–Crippen MR) is 138 cm³/mol. The van der Waals surface area contributed by atoms with Crippen LogP contribution in [-0.4, -0.2) is 66.7 Å². The van der Waals surface area contributed by atoms with Crippen molar-refractivity contribution in [2.75, 3.05) is 52.5 Å². The van der Waals surface area contributed by atoms with E-state index < -0.39 is 6.34 Å². The molecule has 1 aromatic rings. The molecule has 0 N–H and O–H groups in total. The molecular weight excluding hydrogens is 421 g/mol. The molecule has 0 atom stereocenters. The van der Waals surface area contributed by atoms with Crippen LogP contribution in [0.1, 0.15) is 52.5 Å². The summed E-state index contributed by atoms with van der Waals surface area (Å²) in [6.07, 6.45) is 3.81. The number of ether oxygens (including phenoxy) is 1. The van der Waals surface area contributed by atoms with Crippen molar-refractivity contribution < 1.29 is 4.74 Å². The summed E-state index contributed by atoms with van der Waals surface area (Å²) in [6.45, 7) is 16.6. The largest absolute Gasteiger partial charge is 0.378 e. The molecule has 1 aliphatic heterocycles. The molecule has 0 amide bonds. The van der Waals surface area contributed by atoms with Crippen LogP contribution in [-0.2, 0) is 16.5 Å². The van der Waals surface area contributed by atoms with E-state index in [1.54, 1.807) is 0 Å². The summed E-state index contributed by atoms with van der Waals surface area (Å²) >= 11 is 6.75. The molecule has 1 heterocycles. The highest BCUT2D eigenvalue weighted by atomic mass is 32.4. The van der Waals surface area contributed by atoms with E-state index in [1.165, 1.54) is 28.6 Å². The molecule has 172 valence electrons. The van der Waals surface area contributed by atoms with E-state index in [2.05, 4.69) is 78.3 Å². The van der Waals surface area contributed by atoms with Crippen LogP contribution < -0.4 is 0 Å². The molecule has 0 saturated carbocycles. The molecule has 4 nitrogen and oxygen atoms in total. The summed E-state index contributed by atoms with van der Waals surface area (Å²) in [4.78, 5) is 2.58. The lowest BCUT2D eigenvalue weighted by molar-refractivity contribution is 0.0539. The molecule has 0 unspecified atom stereocenters. The van der Waals surface area contributed by atoms with Crippen LogP contribution in [0.25, 0.3) is 6.08 Å². The zero-order chi connectivity index (χ0) is 22.3. The highest BCUT2D eigenvalue weighted by Gasteiger charge is 2.38. The number of benzene rings is 1. The number of hydrogen-bond acceptors (Lipinski definition) is 3. The third kappa shape index (κ3) is 5.34. The summed E-state index contributed by atoms with van der Waals surface area (Å²) in [6, 6.07) is 10.8. The highest BCUT2D eigenvalue weighted by molar-refractivity contribution is 8.14. The lowest BCUT2D eigenvalue weighted by Gasteiger charge is -2.47. The van der Waals surface area contributed by atoms with Gasteiger partial charge in [0.15, 0.2) is 0 Å². The monoisotopic (exact) mass is 461 g/mol. The van der Waals surface area contributed by atoms with Gasteiger partial charge in [-0.05, 0) is 36.5 Å². The number of morpholine rings is 1. The van der Waals surface area contributed by atoms with Gasteiger partial charge in [0.2, 0.25) is 0 Å². The third-order valence-corrected chi connectivity index (χ3v) is 12.3. The van der Waals surface area contributed by atoms with Gasteiger partial charge in [0, 0.05) is 50.3 Å². The van der Waals surface area contributed by atoms with Gasteiger partial charge < -0.3 is 9.64 Å². The van der Waals surface area contributed by atoms with Gasteiger partial charge in [0.05, 0.1) is 13.2 Å². The third-order valence-electron chi connectivity index (χ3n) is 6.48. The second-order valence-electron chi connectivity index (χ2n) is 8.15. The topological polar surface area (TPSA) is 19.0 Å². The van der Waals surface area contributed by atoms with E-state index in [0.29, 0.717) is 0 Å². The maximum atomic E-state index is 6.75. The first-order chi connectivity index (χ1) is 15.1. The average Bonchev–Trinajstić information content (AvgIpc) is 2.81. The Kier molecular flexibility index (Phi) is 9.36. The smallest absolute Gasteiger partial charge is 0.105 e. The van der Waals surface area contributed by atoms with Gasteiger partial charge in [-0.3, -0.25) is 9.34 Å². The van der Waals surface area contributed by atoms with Crippen LogP contribution in [0.3, 0.4) is 0 Å². The molecule has 1 fully saturated rings. The van der Waals surface area contributed by atoms with Crippen LogP contribution in [0.2, 0.25) is 0 Å². The van der Waals surface area contributed by atoms with Crippen molar-refractivity contribution in [1.29, 1.82) is 0 Å². The predicted octanol–water partition coefficient (Wildman–Crippen LogP) is 5.79. The first-order valence-electron chi connectivity index (χ1n) is 12.0. The Hall–Kier alpha value is -0.970. The maximum absolute atomic E-state index is 6.75. The molecular formula is C25H40N3OPS. The molecule has 1 aromatic carbocycles. The van der Waals surface area contributed by atoms with Crippen molar-refractivity contribution in [2.45, 2.75) is 47.0 Å². The minimum absolute atomic E-state index is 0.800. The van der Waals surface area contributed by atoms with Crippen LogP contribution in [0.5, 0.6) is 0 Å². The molecule has 6 heteroatoms. The summed E-state index contributed by atoms with van der Waals surface area (Å²) in [5.41, 5.74) is 4.19. The van der Waals surface area contributed by atoms with Crippen LogP contribution in [0.4, 0.5) is 0 Å². The molecule has 0 radical (unpaired) electrons. The molecule has 3 rings (SSSR count). The first kappa shape index (κ1) is 24.7. The average molecular weight is 462 g/mol. The summed E-state index contributed by atoms with van der Waals surface area (Å²) in [5.74, 6) is 0. The SMILES string of the molecule is CCN(CC)P(=S)(C1=C(N2CCOCC2)/C(=C/c2ccccc2)CCC1)N(CC)CC. The molecule has 0 aromatic heterocycles. The van der Waals surface area contributed by atoms with Gasteiger partial charge in [-0.15, -0.1) is 0 Å². The summed E-state index contributed by atoms with van der Waals surface area (Å²) in [7, 11) is 0. The second kappa shape index (κ2) is 11.8. The number of rotatable bonds is 9. The highest BCUT2D eigenvalue weighted by Crippen LogP contribution is 2.64. The number of allylic oxidation sites excluding steroid dienone is 2. The summed E-state index contributed by atoms with van der Waals surface area (Å²) < 4.78 is 10.9. The molecule has 0 bridgehead atoms. The quantitative estimate of drug-likeness (QED) is 0.432. The number of nitrogens with zero attached hydrogens (tertiary/aromatic N) is 3. The van der Waals surface area contributed by atoms with E-state index in [0.717, 1.165) is 65.3 Å². The second-order valence-corrected chi connectivity index (χ2v) is 12.4. The van der Waals surface area contributed by atoms with E-state index in [9.17, 15) is 0 Å². The van der Waals surface area contributed by atoms with Crippen molar-refractivity contribution in [2.24, 2.45) is 0 Å². The van der Waals surface area contributed by atoms with Crippen molar-refractivity contribution in [3.8, 4) is 0 Å². The molecule has 1 aliphatic carbocycles. The molecule has 31 heavy (non-hydrogen) atoms. The van der Waals surface area contributed by atoms with E-state index in [1.807, 2.05) is 0 Å². The van der Waals surface area contributed by atoms with Crippen LogP contribution in [0, 0.1) is 0 Å². The maximum Gasteiger partial charge on any atom is 0.105 e. The normalized spacial score (nSPS) is 19.7. The van der Waals surface area contributed by atoms with Gasteiger partial charge in [-0.2, -0.15) is 0 Å². The Balaban J connectivity index is 2.22. The first-order valence-corrected chi connectivity index (χ1v) is 14.7. The Morgan fingerprint density at radius 2 is 1.52 bits per heavy atom. The molecule has 2 aliphatic rings. The molecule has 1 saturated heterocycles. The van der Waals surface area contributed by atoms with Crippen LogP contribution >= 0.6 is 6.34 Å². The fraction of sp³-hybridized carbons (Fsp3) is 0.600. The standard InChI is InChI=1S/C25H40N3OPS/c1-5-27(6-2)30(31,28(7-3)8-4)24-16-12-15-23(21-22-13-10-9-11-14-22)25(24)26-17-19-29-20-18-26/h9-11,13-14,21H,5-8,12,15-20H2,1-4H3/b23-21+. The van der Waals surface area contributed by atoms with Crippen LogP contribution in [0.15, 0.2) is 46.9 Å².